The van der Waals surface area contributed by atoms with Gasteiger partial charge in [0.2, 0.25) is 0 Å². The Balaban J connectivity index is 2.12. The molecule has 0 saturated heterocycles. The van der Waals surface area contributed by atoms with Crippen molar-refractivity contribution in [1.29, 1.82) is 0 Å². The van der Waals surface area contributed by atoms with Gasteiger partial charge in [-0.3, -0.25) is 4.79 Å². The van der Waals surface area contributed by atoms with Crippen molar-refractivity contribution < 1.29 is 14.6 Å². The molecule has 0 bridgehead atoms. The number of carbonyl (C=O) groups excluding carboxylic acids is 1. The van der Waals surface area contributed by atoms with E-state index < -0.39 is 0 Å². The molecule has 0 radical (unpaired) electrons. The summed E-state index contributed by atoms with van der Waals surface area (Å²) < 4.78 is 5.69. The lowest BCUT2D eigenvalue weighted by atomic mass is 10.1. The summed E-state index contributed by atoms with van der Waals surface area (Å²) >= 11 is 0. The summed E-state index contributed by atoms with van der Waals surface area (Å²) in [5.41, 5.74) is 1.70. The Bertz CT molecular complexity index is 558. The molecule has 2 rings (SSSR count). The highest BCUT2D eigenvalue weighted by Crippen LogP contribution is 2.22. The predicted octanol–water partition coefficient (Wildman–Crippen LogP) is 3.22. The lowest BCUT2D eigenvalue weighted by molar-refractivity contribution is 0.101. The van der Waals surface area contributed by atoms with Gasteiger partial charge in [-0.05, 0) is 43.2 Å². The molecule has 98 valence electrons. The number of ether oxygens (including phenoxy) is 1. The third kappa shape index (κ3) is 3.66. The van der Waals surface area contributed by atoms with E-state index in [0.717, 1.165) is 5.56 Å². The third-order valence-corrected chi connectivity index (χ3v) is 2.80. The van der Waals surface area contributed by atoms with E-state index in [0.29, 0.717) is 23.5 Å². The lowest BCUT2D eigenvalue weighted by Crippen LogP contribution is -1.93. The maximum Gasteiger partial charge on any atom is 0.159 e. The summed E-state index contributed by atoms with van der Waals surface area (Å²) in [6, 6.07) is 14.6. The zero-order valence-corrected chi connectivity index (χ0v) is 10.8. The SMILES string of the molecule is CC(=O)c1cccc(Oc2ccc(CCO)cc2)c1. The average molecular weight is 256 g/mol. The zero-order chi connectivity index (χ0) is 13.7. The normalized spacial score (nSPS) is 10.2. The van der Waals surface area contributed by atoms with Gasteiger partial charge in [0.15, 0.2) is 5.78 Å². The Morgan fingerprint density at radius 1 is 1.11 bits per heavy atom. The van der Waals surface area contributed by atoms with Crippen molar-refractivity contribution in [2.24, 2.45) is 0 Å². The molecule has 2 aromatic rings. The first kappa shape index (κ1) is 13.3. The van der Waals surface area contributed by atoms with Gasteiger partial charge in [0.25, 0.3) is 0 Å². The number of ketones is 1. The lowest BCUT2D eigenvalue weighted by Gasteiger charge is -2.07. The molecule has 0 spiro atoms. The molecule has 0 aromatic heterocycles. The van der Waals surface area contributed by atoms with E-state index in [9.17, 15) is 4.79 Å². The number of hydrogen-bond donors (Lipinski definition) is 1. The van der Waals surface area contributed by atoms with Crippen molar-refractivity contribution in [1.82, 2.24) is 0 Å². The molecule has 0 amide bonds. The van der Waals surface area contributed by atoms with Gasteiger partial charge in [0, 0.05) is 12.2 Å². The van der Waals surface area contributed by atoms with Crippen molar-refractivity contribution in [2.45, 2.75) is 13.3 Å². The summed E-state index contributed by atoms with van der Waals surface area (Å²) in [4.78, 5) is 11.3. The maximum atomic E-state index is 11.3. The van der Waals surface area contributed by atoms with Crippen molar-refractivity contribution in [3.63, 3.8) is 0 Å². The molecular formula is C16H16O3. The van der Waals surface area contributed by atoms with Gasteiger partial charge in [-0.1, -0.05) is 24.3 Å². The highest BCUT2D eigenvalue weighted by molar-refractivity contribution is 5.94. The van der Waals surface area contributed by atoms with Gasteiger partial charge in [-0.15, -0.1) is 0 Å². The van der Waals surface area contributed by atoms with E-state index >= 15 is 0 Å². The molecule has 3 heteroatoms. The highest BCUT2D eigenvalue weighted by atomic mass is 16.5. The number of benzene rings is 2. The van der Waals surface area contributed by atoms with E-state index in [2.05, 4.69) is 0 Å². The minimum absolute atomic E-state index is 0.0174. The molecule has 1 N–H and O–H groups in total. The quantitative estimate of drug-likeness (QED) is 0.835. The first-order valence-corrected chi connectivity index (χ1v) is 6.17. The summed E-state index contributed by atoms with van der Waals surface area (Å²) in [6.45, 7) is 1.67. The second-order valence-corrected chi connectivity index (χ2v) is 4.30. The minimum atomic E-state index is 0.0174. The Morgan fingerprint density at radius 2 is 1.84 bits per heavy atom. The van der Waals surface area contributed by atoms with Crippen molar-refractivity contribution >= 4 is 5.78 Å². The summed E-state index contributed by atoms with van der Waals surface area (Å²) in [5.74, 6) is 1.37. The van der Waals surface area contributed by atoms with Crippen LogP contribution in [0.4, 0.5) is 0 Å². The molecule has 0 saturated carbocycles. The molecule has 0 atom stereocenters. The molecule has 2 aromatic carbocycles. The van der Waals surface area contributed by atoms with Gasteiger partial charge in [0.05, 0.1) is 0 Å². The number of rotatable bonds is 5. The van der Waals surface area contributed by atoms with Crippen molar-refractivity contribution in [3.8, 4) is 11.5 Å². The monoisotopic (exact) mass is 256 g/mol. The van der Waals surface area contributed by atoms with Gasteiger partial charge >= 0.3 is 0 Å². The number of aliphatic hydroxyl groups is 1. The molecule has 0 unspecified atom stereocenters. The molecule has 0 heterocycles. The summed E-state index contributed by atoms with van der Waals surface area (Å²) in [5, 5.41) is 8.84. The standard InChI is InChI=1S/C16H16O3/c1-12(18)14-3-2-4-16(11-14)19-15-7-5-13(6-8-15)9-10-17/h2-8,11,17H,9-10H2,1H3. The molecule has 19 heavy (non-hydrogen) atoms. The molecule has 0 aliphatic heterocycles. The van der Waals surface area contributed by atoms with E-state index in [1.54, 1.807) is 18.2 Å². The van der Waals surface area contributed by atoms with Crippen LogP contribution in [-0.2, 0) is 6.42 Å². The van der Waals surface area contributed by atoms with Crippen LogP contribution in [0.2, 0.25) is 0 Å². The Hall–Kier alpha value is -2.13. The summed E-state index contributed by atoms with van der Waals surface area (Å²) in [7, 11) is 0. The Labute approximate surface area is 112 Å². The van der Waals surface area contributed by atoms with Crippen molar-refractivity contribution in [2.75, 3.05) is 6.61 Å². The van der Waals surface area contributed by atoms with E-state index in [1.807, 2.05) is 30.3 Å². The first-order valence-electron chi connectivity index (χ1n) is 6.17. The van der Waals surface area contributed by atoms with E-state index in [4.69, 9.17) is 9.84 Å². The highest BCUT2D eigenvalue weighted by Gasteiger charge is 2.02. The molecule has 0 aliphatic rings. The molecule has 0 aliphatic carbocycles. The number of Topliss-reactive ketones (excluding diaryl/α,β-unsaturated/α-hetero) is 1. The largest absolute Gasteiger partial charge is 0.457 e. The van der Waals surface area contributed by atoms with Crippen LogP contribution >= 0.6 is 0 Å². The topological polar surface area (TPSA) is 46.5 Å². The van der Waals surface area contributed by atoms with E-state index in [-0.39, 0.29) is 12.4 Å². The fourth-order valence-electron chi connectivity index (χ4n) is 1.77. The van der Waals surface area contributed by atoms with Crippen LogP contribution in [-0.4, -0.2) is 17.5 Å². The van der Waals surface area contributed by atoms with Gasteiger partial charge < -0.3 is 9.84 Å². The van der Waals surface area contributed by atoms with Crippen LogP contribution in [0.5, 0.6) is 11.5 Å². The fourth-order valence-corrected chi connectivity index (χ4v) is 1.77. The average Bonchev–Trinajstić information content (AvgIpc) is 2.42. The van der Waals surface area contributed by atoms with Gasteiger partial charge in [-0.2, -0.15) is 0 Å². The third-order valence-electron chi connectivity index (χ3n) is 2.80. The fraction of sp³-hybridized carbons (Fsp3) is 0.188. The summed E-state index contributed by atoms with van der Waals surface area (Å²) in [6.07, 6.45) is 0.639. The van der Waals surface area contributed by atoms with Crippen LogP contribution < -0.4 is 4.74 Å². The van der Waals surface area contributed by atoms with Crippen LogP contribution in [0, 0.1) is 0 Å². The van der Waals surface area contributed by atoms with Crippen LogP contribution in [0.3, 0.4) is 0 Å². The van der Waals surface area contributed by atoms with Gasteiger partial charge in [0.1, 0.15) is 11.5 Å². The van der Waals surface area contributed by atoms with Gasteiger partial charge in [-0.25, -0.2) is 0 Å². The maximum absolute atomic E-state index is 11.3. The minimum Gasteiger partial charge on any atom is -0.457 e. The van der Waals surface area contributed by atoms with Crippen LogP contribution in [0.15, 0.2) is 48.5 Å². The van der Waals surface area contributed by atoms with Crippen LogP contribution in [0.25, 0.3) is 0 Å². The smallest absolute Gasteiger partial charge is 0.159 e. The number of aliphatic hydroxyl groups excluding tert-OH is 1. The molecular weight excluding hydrogens is 240 g/mol. The Morgan fingerprint density at radius 3 is 2.47 bits per heavy atom. The Kier molecular flexibility index (Phi) is 4.31. The van der Waals surface area contributed by atoms with Crippen LogP contribution in [0.1, 0.15) is 22.8 Å². The first-order chi connectivity index (χ1) is 9.19. The predicted molar refractivity (Wildman–Crippen MR) is 73.8 cm³/mol. The second kappa shape index (κ2) is 6.16. The number of hydrogen-bond acceptors (Lipinski definition) is 3. The number of carbonyl (C=O) groups is 1. The van der Waals surface area contributed by atoms with E-state index in [1.165, 1.54) is 6.92 Å². The molecule has 0 fully saturated rings. The van der Waals surface area contributed by atoms with Crippen molar-refractivity contribution in [3.05, 3.63) is 59.7 Å². The molecule has 3 nitrogen and oxygen atoms in total. The second-order valence-electron chi connectivity index (χ2n) is 4.30. The zero-order valence-electron chi connectivity index (χ0n) is 10.8.